The first-order valence-corrected chi connectivity index (χ1v) is 19.8. The van der Waals surface area contributed by atoms with Crippen LogP contribution in [0.2, 0.25) is 0 Å². The van der Waals surface area contributed by atoms with Gasteiger partial charge in [-0.3, -0.25) is 19.2 Å². The smallest absolute Gasteiger partial charge is 0.315 e. The second-order valence-corrected chi connectivity index (χ2v) is 19.7. The molecule has 4 fully saturated rings. The van der Waals surface area contributed by atoms with Gasteiger partial charge in [-0.25, -0.2) is 17.5 Å². The third-order valence-electron chi connectivity index (χ3n) is 11.6. The maximum absolute atomic E-state index is 14.6. The lowest BCUT2D eigenvalue weighted by atomic mass is 9.82. The topological polar surface area (TPSA) is 150 Å². The summed E-state index contributed by atoms with van der Waals surface area (Å²) in [6.45, 7) is 13.8. The standard InChI is InChI=1S/C36H60N4O7S/c1-10-11-23(30(43)27(42)18-22-12-13-22)19-26(41)29-24-14-15-36(16-17-36)25(24)20-40(29)32(44)31(35(5,6)7)38-33(45)37-28(34(2,3)4)21-39(8)48(9,46)47/h22-25,28-29,31H,10-21H2,1-9H3,(H2,37,38,45)/t23?,24-,25-,28+,29-,31+/m0/s1. The number of hydrogen-bond donors (Lipinski definition) is 2. The molecule has 4 aliphatic rings. The Bertz CT molecular complexity index is 1370. The van der Waals surface area contributed by atoms with Crippen molar-refractivity contribution in [1.82, 2.24) is 19.8 Å². The van der Waals surface area contributed by atoms with Crippen LogP contribution in [-0.2, 0) is 29.2 Å². The Labute approximate surface area is 288 Å². The first-order chi connectivity index (χ1) is 22.1. The monoisotopic (exact) mass is 692 g/mol. The third kappa shape index (κ3) is 8.87. The predicted molar refractivity (Wildman–Crippen MR) is 184 cm³/mol. The molecule has 0 aromatic heterocycles. The molecule has 0 aromatic rings. The zero-order valence-electron chi connectivity index (χ0n) is 30.7. The number of hydrogen-bond acceptors (Lipinski definition) is 7. The molecule has 3 aliphatic carbocycles. The number of ketones is 3. The summed E-state index contributed by atoms with van der Waals surface area (Å²) in [7, 11) is -2.02. The van der Waals surface area contributed by atoms with Crippen LogP contribution in [0, 0.1) is 39.9 Å². The number of urea groups is 1. The Morgan fingerprint density at radius 2 is 1.56 bits per heavy atom. The molecule has 48 heavy (non-hydrogen) atoms. The van der Waals surface area contributed by atoms with Gasteiger partial charge in [0, 0.05) is 44.9 Å². The number of nitrogens with one attached hydrogen (secondary N) is 2. The van der Waals surface area contributed by atoms with E-state index in [4.69, 9.17) is 0 Å². The van der Waals surface area contributed by atoms with Gasteiger partial charge in [-0.05, 0) is 78.9 Å². The summed E-state index contributed by atoms with van der Waals surface area (Å²) in [5.41, 5.74) is -1.05. The predicted octanol–water partition coefficient (Wildman–Crippen LogP) is 4.34. The number of sulfonamides is 1. The van der Waals surface area contributed by atoms with E-state index in [9.17, 15) is 32.4 Å². The molecule has 1 aliphatic heterocycles. The molecule has 3 amide bonds. The number of Topliss-reactive ketones (excluding diaryl/α,β-unsaturated/α-hetero) is 3. The highest BCUT2D eigenvalue weighted by Gasteiger charge is 2.63. The highest BCUT2D eigenvalue weighted by Crippen LogP contribution is 2.66. The van der Waals surface area contributed by atoms with Crippen LogP contribution < -0.4 is 10.6 Å². The zero-order valence-corrected chi connectivity index (χ0v) is 31.5. The summed E-state index contributed by atoms with van der Waals surface area (Å²) < 4.78 is 25.5. The molecule has 1 spiro atoms. The maximum Gasteiger partial charge on any atom is 0.315 e. The summed E-state index contributed by atoms with van der Waals surface area (Å²) in [6, 6.07) is -2.82. The van der Waals surface area contributed by atoms with Crippen LogP contribution in [0.4, 0.5) is 4.79 Å². The van der Waals surface area contributed by atoms with E-state index in [0.717, 1.165) is 44.8 Å². The summed E-state index contributed by atoms with van der Waals surface area (Å²) in [4.78, 5) is 70.2. The van der Waals surface area contributed by atoms with Crippen LogP contribution in [0.15, 0.2) is 0 Å². The third-order valence-corrected chi connectivity index (χ3v) is 12.8. The van der Waals surface area contributed by atoms with Crippen molar-refractivity contribution in [2.75, 3.05) is 26.4 Å². The molecular weight excluding hydrogens is 632 g/mol. The molecular formula is C36H60N4O7S. The Kier molecular flexibility index (Phi) is 11.3. The van der Waals surface area contributed by atoms with Crippen molar-refractivity contribution in [1.29, 1.82) is 0 Å². The first kappa shape index (κ1) is 38.5. The number of amides is 3. The van der Waals surface area contributed by atoms with E-state index < -0.39 is 56.7 Å². The average molecular weight is 693 g/mol. The number of likely N-dealkylation sites (N-methyl/N-ethyl adjacent to an activating group) is 1. The van der Waals surface area contributed by atoms with E-state index in [0.29, 0.717) is 19.4 Å². The second kappa shape index (κ2) is 14.1. The van der Waals surface area contributed by atoms with Gasteiger partial charge in [-0.15, -0.1) is 0 Å². The van der Waals surface area contributed by atoms with Crippen molar-refractivity contribution in [3.8, 4) is 0 Å². The number of carbonyl (C=O) groups is 5. The minimum atomic E-state index is -3.49. The van der Waals surface area contributed by atoms with Gasteiger partial charge in [-0.2, -0.15) is 0 Å². The lowest BCUT2D eigenvalue weighted by Crippen LogP contribution is -2.61. The molecule has 3 saturated carbocycles. The molecule has 12 heteroatoms. The van der Waals surface area contributed by atoms with Gasteiger partial charge in [-0.1, -0.05) is 54.9 Å². The molecule has 272 valence electrons. The minimum Gasteiger partial charge on any atom is -0.334 e. The van der Waals surface area contributed by atoms with E-state index in [-0.39, 0.29) is 60.0 Å². The molecule has 6 atom stereocenters. The normalized spacial score (nSPS) is 25.4. The van der Waals surface area contributed by atoms with E-state index in [2.05, 4.69) is 10.6 Å². The largest absolute Gasteiger partial charge is 0.334 e. The summed E-state index contributed by atoms with van der Waals surface area (Å²) in [5.74, 6) is -1.52. The van der Waals surface area contributed by atoms with Crippen LogP contribution in [0.5, 0.6) is 0 Å². The molecule has 1 saturated heterocycles. The highest BCUT2D eigenvalue weighted by molar-refractivity contribution is 7.88. The number of nitrogens with zero attached hydrogens (tertiary/aromatic N) is 2. The van der Waals surface area contributed by atoms with E-state index in [1.807, 2.05) is 48.5 Å². The number of carbonyl (C=O) groups excluding carboxylic acids is 5. The molecule has 0 aromatic carbocycles. The first-order valence-electron chi connectivity index (χ1n) is 18.0. The van der Waals surface area contributed by atoms with Crippen molar-refractivity contribution in [2.45, 2.75) is 131 Å². The fourth-order valence-electron chi connectivity index (χ4n) is 8.00. The van der Waals surface area contributed by atoms with Gasteiger partial charge in [0.1, 0.15) is 6.04 Å². The van der Waals surface area contributed by atoms with Crippen molar-refractivity contribution in [3.05, 3.63) is 0 Å². The van der Waals surface area contributed by atoms with Gasteiger partial charge in [0.15, 0.2) is 11.6 Å². The van der Waals surface area contributed by atoms with Crippen molar-refractivity contribution in [3.63, 3.8) is 0 Å². The van der Waals surface area contributed by atoms with Crippen molar-refractivity contribution < 1.29 is 32.4 Å². The lowest BCUT2D eigenvalue weighted by molar-refractivity contribution is -0.144. The minimum absolute atomic E-state index is 0.00487. The van der Waals surface area contributed by atoms with Crippen LogP contribution in [0.3, 0.4) is 0 Å². The van der Waals surface area contributed by atoms with Gasteiger partial charge in [0.05, 0.1) is 12.3 Å². The number of fused-ring (bicyclic) bond motifs is 2. The Balaban J connectivity index is 1.56. The van der Waals surface area contributed by atoms with Gasteiger partial charge in [0.25, 0.3) is 0 Å². The molecule has 11 nitrogen and oxygen atoms in total. The Hall–Kier alpha value is -2.34. The molecule has 0 radical (unpaired) electrons. The van der Waals surface area contributed by atoms with Crippen LogP contribution in [0.1, 0.15) is 113 Å². The van der Waals surface area contributed by atoms with Crippen LogP contribution in [0.25, 0.3) is 0 Å². The molecule has 1 heterocycles. The quantitative estimate of drug-likeness (QED) is 0.243. The summed E-state index contributed by atoms with van der Waals surface area (Å²) >= 11 is 0. The van der Waals surface area contributed by atoms with E-state index in [1.165, 1.54) is 11.4 Å². The fraction of sp³-hybridized carbons (Fsp3) is 0.861. The number of likely N-dealkylation sites (tertiary alicyclic amines) is 1. The second-order valence-electron chi connectivity index (χ2n) is 17.6. The van der Waals surface area contributed by atoms with Crippen molar-refractivity contribution in [2.24, 2.45) is 39.9 Å². The van der Waals surface area contributed by atoms with E-state index >= 15 is 0 Å². The van der Waals surface area contributed by atoms with Crippen molar-refractivity contribution >= 4 is 39.3 Å². The summed E-state index contributed by atoms with van der Waals surface area (Å²) in [5, 5.41) is 5.83. The fourth-order valence-corrected chi connectivity index (χ4v) is 8.42. The summed E-state index contributed by atoms with van der Waals surface area (Å²) in [6.07, 6.45) is 8.43. The maximum atomic E-state index is 14.6. The van der Waals surface area contributed by atoms with Gasteiger partial charge >= 0.3 is 6.03 Å². The van der Waals surface area contributed by atoms with Crippen LogP contribution in [-0.4, -0.2) is 91.4 Å². The Morgan fingerprint density at radius 1 is 0.938 bits per heavy atom. The SMILES string of the molecule is CCCC(CC(=O)[C@@H]1[C@H]2CCC3(CC3)[C@H]2CN1C(=O)[C@@H](NC(=O)N[C@H](CN(C)S(C)(=O)=O)C(C)(C)C)C(C)(C)C)C(=O)C(=O)CC1CC1. The zero-order chi connectivity index (χ0) is 36.0. The van der Waals surface area contributed by atoms with E-state index in [1.54, 1.807) is 4.90 Å². The molecule has 1 unspecified atom stereocenters. The highest BCUT2D eigenvalue weighted by atomic mass is 32.2. The van der Waals surface area contributed by atoms with Gasteiger partial charge in [0.2, 0.25) is 21.7 Å². The molecule has 0 bridgehead atoms. The lowest BCUT2D eigenvalue weighted by Gasteiger charge is -2.38. The van der Waals surface area contributed by atoms with Gasteiger partial charge < -0.3 is 15.5 Å². The Morgan fingerprint density at radius 3 is 2.06 bits per heavy atom. The van der Waals surface area contributed by atoms with Crippen LogP contribution >= 0.6 is 0 Å². The average Bonchev–Trinajstić information content (AvgIpc) is 3.87. The number of rotatable bonds is 15. The molecule has 2 N–H and O–H groups in total. The molecule has 4 rings (SSSR count).